The number of aromatic amines is 1. The lowest BCUT2D eigenvalue weighted by Crippen LogP contribution is -2.21. The van der Waals surface area contributed by atoms with Gasteiger partial charge in [-0.1, -0.05) is 18.2 Å². The highest BCUT2D eigenvalue weighted by Gasteiger charge is 2.22. The van der Waals surface area contributed by atoms with Crippen LogP contribution in [0.4, 0.5) is 4.39 Å². The third kappa shape index (κ3) is 4.10. The van der Waals surface area contributed by atoms with Gasteiger partial charge in [0.2, 0.25) is 0 Å². The van der Waals surface area contributed by atoms with Gasteiger partial charge in [0.1, 0.15) is 5.82 Å². The van der Waals surface area contributed by atoms with Crippen molar-refractivity contribution in [1.29, 1.82) is 0 Å². The smallest absolute Gasteiger partial charge is 0.330 e. The molecule has 1 heterocycles. The first-order valence-corrected chi connectivity index (χ1v) is 9.93. The van der Waals surface area contributed by atoms with Gasteiger partial charge < -0.3 is 15.0 Å². The molecule has 1 aliphatic rings. The molecule has 1 atom stereocenters. The minimum absolute atomic E-state index is 0.220. The minimum Gasteiger partial charge on any atom is -0.466 e. The molecule has 1 unspecified atom stereocenters. The van der Waals surface area contributed by atoms with Crippen LogP contribution in [0.5, 0.6) is 0 Å². The fourth-order valence-electron chi connectivity index (χ4n) is 4.14. The molecule has 5 heteroatoms. The van der Waals surface area contributed by atoms with E-state index in [1.165, 1.54) is 42.0 Å². The second-order valence-electron chi connectivity index (χ2n) is 7.56. The van der Waals surface area contributed by atoms with Crippen LogP contribution in [0.3, 0.4) is 0 Å². The fraction of sp³-hybridized carbons (Fsp3) is 0.292. The predicted octanol–water partition coefficient (Wildman–Crippen LogP) is 4.70. The highest BCUT2D eigenvalue weighted by Crippen LogP contribution is 2.33. The Kier molecular flexibility index (Phi) is 5.49. The molecule has 0 saturated carbocycles. The van der Waals surface area contributed by atoms with Gasteiger partial charge in [-0.25, -0.2) is 9.18 Å². The number of aryl methyl sites for hydroxylation is 1. The monoisotopic (exact) mass is 392 g/mol. The molecule has 2 N–H and O–H groups in total. The second kappa shape index (κ2) is 8.21. The summed E-state index contributed by atoms with van der Waals surface area (Å²) in [4.78, 5) is 14.6. The molecule has 0 bridgehead atoms. The van der Waals surface area contributed by atoms with Gasteiger partial charge in [0.25, 0.3) is 0 Å². The number of rotatable bonds is 6. The van der Waals surface area contributed by atoms with E-state index in [0.29, 0.717) is 6.04 Å². The van der Waals surface area contributed by atoms with Gasteiger partial charge in [-0.2, -0.15) is 0 Å². The van der Waals surface area contributed by atoms with Crippen molar-refractivity contribution in [3.63, 3.8) is 0 Å². The number of halogens is 1. The molecule has 1 aromatic heterocycles. The number of ether oxygens (including phenoxy) is 1. The number of methoxy groups -OCH3 is 1. The maximum Gasteiger partial charge on any atom is 0.330 e. The van der Waals surface area contributed by atoms with Gasteiger partial charge >= 0.3 is 5.97 Å². The molecule has 29 heavy (non-hydrogen) atoms. The maximum absolute atomic E-state index is 13.3. The number of nitrogens with one attached hydrogen (secondary N) is 2. The molecule has 3 aromatic rings. The molecule has 4 rings (SSSR count). The molecule has 4 nitrogen and oxygen atoms in total. The summed E-state index contributed by atoms with van der Waals surface area (Å²) < 4.78 is 18.1. The van der Waals surface area contributed by atoms with Gasteiger partial charge in [0.05, 0.1) is 7.11 Å². The van der Waals surface area contributed by atoms with E-state index in [0.717, 1.165) is 47.8 Å². The Bertz CT molecular complexity index is 1080. The molecular formula is C24H25FN2O2. The highest BCUT2D eigenvalue weighted by molar-refractivity contribution is 5.90. The molecule has 150 valence electrons. The first-order chi connectivity index (χ1) is 14.0. The van der Waals surface area contributed by atoms with Crippen LogP contribution in [0, 0.1) is 5.82 Å². The Labute approximate surface area is 169 Å². The quantitative estimate of drug-likeness (QED) is 0.472. The normalized spacial score (nSPS) is 16.2. The molecule has 0 radical (unpaired) electrons. The number of carbonyl (C=O) groups is 1. The zero-order valence-electron chi connectivity index (χ0n) is 16.7. The summed E-state index contributed by atoms with van der Waals surface area (Å²) in [6.45, 7) is 2.79. The number of fused-ring (bicyclic) bond motifs is 2. The first-order valence-electron chi connectivity index (χ1n) is 9.93. The number of benzene rings is 2. The molecular weight excluding hydrogens is 367 g/mol. The number of hydrogen-bond donors (Lipinski definition) is 2. The first kappa shape index (κ1) is 19.4. The van der Waals surface area contributed by atoms with E-state index in [1.54, 1.807) is 0 Å². The van der Waals surface area contributed by atoms with E-state index in [-0.39, 0.29) is 11.8 Å². The molecule has 0 saturated heterocycles. The van der Waals surface area contributed by atoms with Crippen LogP contribution in [-0.4, -0.2) is 24.6 Å². The molecule has 0 fully saturated rings. The van der Waals surface area contributed by atoms with Gasteiger partial charge in [-0.3, -0.25) is 0 Å². The average Bonchev–Trinajstić information content (AvgIpc) is 3.31. The third-order valence-electron chi connectivity index (χ3n) is 5.73. The summed E-state index contributed by atoms with van der Waals surface area (Å²) in [7, 11) is 1.39. The van der Waals surface area contributed by atoms with E-state index in [9.17, 15) is 9.18 Å². The van der Waals surface area contributed by atoms with Crippen molar-refractivity contribution in [3.05, 3.63) is 76.7 Å². The van der Waals surface area contributed by atoms with E-state index < -0.39 is 0 Å². The van der Waals surface area contributed by atoms with Crippen molar-refractivity contribution in [2.45, 2.75) is 32.2 Å². The van der Waals surface area contributed by atoms with Crippen LogP contribution in [0.15, 0.2) is 48.7 Å². The van der Waals surface area contributed by atoms with Crippen molar-refractivity contribution in [1.82, 2.24) is 10.3 Å². The van der Waals surface area contributed by atoms with Crippen LogP contribution < -0.4 is 5.32 Å². The number of H-pyrrole nitrogens is 1. The predicted molar refractivity (Wildman–Crippen MR) is 113 cm³/mol. The third-order valence-corrected chi connectivity index (χ3v) is 5.73. The Morgan fingerprint density at radius 3 is 3.00 bits per heavy atom. The summed E-state index contributed by atoms with van der Waals surface area (Å²) in [5.41, 5.74) is 6.67. The number of esters is 1. The number of allylic oxidation sites excluding steroid dienone is 1. The van der Waals surface area contributed by atoms with E-state index >= 15 is 0 Å². The van der Waals surface area contributed by atoms with Crippen molar-refractivity contribution in [2.75, 3.05) is 13.7 Å². The second-order valence-corrected chi connectivity index (χ2v) is 7.56. The zero-order valence-corrected chi connectivity index (χ0v) is 16.7. The summed E-state index contributed by atoms with van der Waals surface area (Å²) >= 11 is 0. The fourth-order valence-corrected chi connectivity index (χ4v) is 4.14. The Morgan fingerprint density at radius 2 is 2.17 bits per heavy atom. The van der Waals surface area contributed by atoms with E-state index in [2.05, 4.69) is 28.5 Å². The largest absolute Gasteiger partial charge is 0.466 e. The van der Waals surface area contributed by atoms with E-state index in [1.807, 2.05) is 19.2 Å². The molecule has 1 aliphatic carbocycles. The Hall–Kier alpha value is -2.92. The lowest BCUT2D eigenvalue weighted by molar-refractivity contribution is -0.134. The van der Waals surface area contributed by atoms with Gasteiger partial charge in [0, 0.05) is 29.2 Å². The van der Waals surface area contributed by atoms with Crippen molar-refractivity contribution in [3.8, 4) is 0 Å². The Morgan fingerprint density at radius 1 is 1.31 bits per heavy atom. The topological polar surface area (TPSA) is 54.1 Å². The van der Waals surface area contributed by atoms with Gasteiger partial charge in [-0.15, -0.1) is 0 Å². The van der Waals surface area contributed by atoms with Crippen molar-refractivity contribution in [2.24, 2.45) is 0 Å². The van der Waals surface area contributed by atoms with Crippen molar-refractivity contribution >= 4 is 22.4 Å². The summed E-state index contributed by atoms with van der Waals surface area (Å²) in [5, 5.41) is 4.75. The molecule has 0 amide bonds. The molecule has 2 aromatic carbocycles. The highest BCUT2D eigenvalue weighted by atomic mass is 19.1. The SMILES string of the molecule is COC(=O)C=C(C)c1ccc2c(c1)CCC2NCCc1c[nH]c2cc(F)ccc12. The van der Waals surface area contributed by atoms with Gasteiger partial charge in [0.15, 0.2) is 0 Å². The average molecular weight is 392 g/mol. The number of aromatic nitrogens is 1. The van der Waals surface area contributed by atoms with Crippen LogP contribution in [0.1, 0.15) is 41.6 Å². The Balaban J connectivity index is 1.41. The lowest BCUT2D eigenvalue weighted by Gasteiger charge is -2.14. The van der Waals surface area contributed by atoms with Crippen LogP contribution in [0.2, 0.25) is 0 Å². The maximum atomic E-state index is 13.3. The zero-order chi connectivity index (χ0) is 20.4. The van der Waals surface area contributed by atoms with Crippen LogP contribution in [-0.2, 0) is 22.4 Å². The van der Waals surface area contributed by atoms with Crippen molar-refractivity contribution < 1.29 is 13.9 Å². The summed E-state index contributed by atoms with van der Waals surface area (Å²) in [6.07, 6.45) is 6.48. The lowest BCUT2D eigenvalue weighted by atomic mass is 10.00. The molecule has 0 aliphatic heterocycles. The number of carbonyl (C=O) groups excluding carboxylic acids is 1. The van der Waals surface area contributed by atoms with Gasteiger partial charge in [-0.05, 0) is 78.8 Å². The van der Waals surface area contributed by atoms with E-state index in [4.69, 9.17) is 4.74 Å². The minimum atomic E-state index is -0.331. The summed E-state index contributed by atoms with van der Waals surface area (Å²) in [6, 6.07) is 11.6. The molecule has 0 spiro atoms. The van der Waals surface area contributed by atoms with Crippen LogP contribution in [0.25, 0.3) is 16.5 Å². The summed E-state index contributed by atoms with van der Waals surface area (Å²) in [5.74, 6) is -0.551. The number of hydrogen-bond acceptors (Lipinski definition) is 3. The van der Waals surface area contributed by atoms with Crippen LogP contribution >= 0.6 is 0 Å². The standard InChI is InChI=1S/C24H25FN2O2/c1-15(11-24(28)29-2)16-3-6-20-17(12-16)4-8-22(20)26-10-9-18-14-27-23-13-19(25)5-7-21(18)23/h3,5-7,11-14,22,26-27H,4,8-10H2,1-2H3.